The van der Waals surface area contributed by atoms with E-state index < -0.39 is 21.6 Å². The first kappa shape index (κ1) is 32.5. The molecule has 4 nitrogen and oxygen atoms in total. The maximum absolute atomic E-state index is 13.4. The van der Waals surface area contributed by atoms with Crippen LogP contribution in [0.1, 0.15) is 121 Å². The fourth-order valence-corrected chi connectivity index (χ4v) is 6.40. The molecule has 6 heteroatoms. The predicted molar refractivity (Wildman–Crippen MR) is 158 cm³/mol. The number of hydrogen-bond donors (Lipinski definition) is 0. The average molecular weight is 563 g/mol. The second-order valence-electron chi connectivity index (χ2n) is 10.9. The number of carbonyl (C=O) groups is 1. The fraction of sp³-hybridized carbons (Fsp3) is 0.594. The van der Waals surface area contributed by atoms with Crippen LogP contribution in [0.4, 0.5) is 0 Å². The number of benzene rings is 2. The number of carbonyl (C=O) groups excluding carboxylic acids is 1. The van der Waals surface area contributed by atoms with Crippen molar-refractivity contribution in [3.63, 3.8) is 0 Å². The van der Waals surface area contributed by atoms with Gasteiger partial charge in [0.15, 0.2) is 11.9 Å². The summed E-state index contributed by atoms with van der Waals surface area (Å²) in [5, 5.41) is 0.458. The second-order valence-corrected chi connectivity index (χ2v) is 12.8. The summed E-state index contributed by atoms with van der Waals surface area (Å²) >= 11 is 6.31. The summed E-state index contributed by atoms with van der Waals surface area (Å²) in [6.45, 7) is 9.83. The monoisotopic (exact) mass is 562 g/mol. The fourth-order valence-electron chi connectivity index (χ4n) is 4.96. The highest BCUT2D eigenvalue weighted by Gasteiger charge is 2.42. The Morgan fingerprint density at radius 2 is 1.42 bits per heavy atom. The Morgan fingerprint density at radius 1 is 0.868 bits per heavy atom. The van der Waals surface area contributed by atoms with Crippen LogP contribution in [0.3, 0.4) is 0 Å². The van der Waals surface area contributed by atoms with Gasteiger partial charge in [-0.3, -0.25) is 4.79 Å². The summed E-state index contributed by atoms with van der Waals surface area (Å²) < 4.78 is 32.6. The van der Waals surface area contributed by atoms with Crippen molar-refractivity contribution in [1.82, 2.24) is 0 Å². The molecule has 0 saturated heterocycles. The second kappa shape index (κ2) is 15.8. The molecule has 0 aliphatic carbocycles. The smallest absolute Gasteiger partial charge is 0.298 e. The molecule has 0 N–H and O–H groups in total. The lowest BCUT2D eigenvalue weighted by Gasteiger charge is -2.32. The van der Waals surface area contributed by atoms with Gasteiger partial charge in [0.05, 0.1) is 4.90 Å². The van der Waals surface area contributed by atoms with Crippen molar-refractivity contribution in [1.29, 1.82) is 0 Å². The number of rotatable bonds is 18. The molecule has 0 aromatic heterocycles. The van der Waals surface area contributed by atoms with Gasteiger partial charge in [-0.15, -0.1) is 0 Å². The molecule has 2 aromatic rings. The largest absolute Gasteiger partial charge is 0.300 e. The molecule has 0 fully saturated rings. The van der Waals surface area contributed by atoms with Gasteiger partial charge in [0, 0.05) is 5.02 Å². The van der Waals surface area contributed by atoms with Crippen molar-refractivity contribution in [3.05, 3.63) is 64.2 Å². The third-order valence-corrected chi connectivity index (χ3v) is 9.36. The molecule has 0 aliphatic heterocycles. The molecule has 0 spiro atoms. The first-order chi connectivity index (χ1) is 18.1. The summed E-state index contributed by atoms with van der Waals surface area (Å²) in [6.07, 6.45) is 14.0. The van der Waals surface area contributed by atoms with Crippen LogP contribution >= 0.6 is 11.6 Å². The van der Waals surface area contributed by atoms with Crippen LogP contribution in [0.25, 0.3) is 0 Å². The Morgan fingerprint density at radius 3 is 1.97 bits per heavy atom. The molecule has 212 valence electrons. The molecule has 0 aliphatic rings. The molecule has 2 aromatic carbocycles. The van der Waals surface area contributed by atoms with E-state index in [1.807, 2.05) is 19.1 Å². The SMILES string of the molecule is CCCCCCCCC(CCCCC)c1ccc(S(=O)(=O)OC(C=O)(c2ccc(C)c(Cl)c2)C(C)C)cc1. The van der Waals surface area contributed by atoms with Gasteiger partial charge in [0.25, 0.3) is 10.1 Å². The maximum atomic E-state index is 13.4. The molecule has 2 rings (SSSR count). The molecule has 38 heavy (non-hydrogen) atoms. The van der Waals surface area contributed by atoms with Crippen molar-refractivity contribution in [2.45, 2.75) is 122 Å². The molecule has 0 radical (unpaired) electrons. The van der Waals surface area contributed by atoms with Crippen LogP contribution in [-0.4, -0.2) is 14.7 Å². The Bertz CT molecular complexity index is 1090. The molecule has 0 bridgehead atoms. The van der Waals surface area contributed by atoms with Gasteiger partial charge in [-0.25, -0.2) is 4.18 Å². The highest BCUT2D eigenvalue weighted by atomic mass is 35.5. The van der Waals surface area contributed by atoms with E-state index in [1.165, 1.54) is 63.4 Å². The van der Waals surface area contributed by atoms with E-state index in [2.05, 4.69) is 13.8 Å². The van der Waals surface area contributed by atoms with Crippen molar-refractivity contribution in [3.8, 4) is 0 Å². The van der Waals surface area contributed by atoms with E-state index >= 15 is 0 Å². The van der Waals surface area contributed by atoms with Crippen LogP contribution in [0.5, 0.6) is 0 Å². The average Bonchev–Trinajstić information content (AvgIpc) is 2.90. The first-order valence-corrected chi connectivity index (χ1v) is 16.2. The number of hydrogen-bond acceptors (Lipinski definition) is 4. The Hall–Kier alpha value is -1.69. The van der Waals surface area contributed by atoms with Crippen LogP contribution in [0, 0.1) is 12.8 Å². The van der Waals surface area contributed by atoms with Crippen LogP contribution in [0.2, 0.25) is 5.02 Å². The first-order valence-electron chi connectivity index (χ1n) is 14.4. The predicted octanol–water partition coefficient (Wildman–Crippen LogP) is 9.52. The van der Waals surface area contributed by atoms with Crippen molar-refractivity contribution in [2.24, 2.45) is 5.92 Å². The zero-order valence-electron chi connectivity index (χ0n) is 24.0. The van der Waals surface area contributed by atoms with Gasteiger partial charge in [-0.2, -0.15) is 8.42 Å². The third-order valence-electron chi connectivity index (χ3n) is 7.61. The molecular weight excluding hydrogens is 516 g/mol. The maximum Gasteiger partial charge on any atom is 0.298 e. The number of aldehydes is 1. The molecular formula is C32H47ClO4S. The molecule has 2 atom stereocenters. The molecule has 0 saturated carbocycles. The standard InChI is InChI=1S/C32H47ClO4S/c1-6-8-10-11-12-14-16-27(15-13-9-7-2)28-18-21-30(22-19-28)38(35,36)37-32(24-34,25(3)4)29-20-17-26(5)31(33)23-29/h17-25,27H,6-16H2,1-5H3. The molecule has 0 heterocycles. The van der Waals surface area contributed by atoms with E-state index in [4.69, 9.17) is 15.8 Å². The van der Waals surface area contributed by atoms with Gasteiger partial charge in [-0.1, -0.05) is 121 Å². The Kier molecular flexibility index (Phi) is 13.5. The highest BCUT2D eigenvalue weighted by Crippen LogP contribution is 2.38. The highest BCUT2D eigenvalue weighted by molar-refractivity contribution is 7.86. The summed E-state index contributed by atoms with van der Waals surface area (Å²) in [6, 6.07) is 12.2. The third kappa shape index (κ3) is 8.93. The van der Waals surface area contributed by atoms with Gasteiger partial charge in [0.1, 0.15) is 0 Å². The zero-order valence-corrected chi connectivity index (χ0v) is 25.5. The van der Waals surface area contributed by atoms with E-state index in [1.54, 1.807) is 44.2 Å². The molecule has 2 unspecified atom stereocenters. The van der Waals surface area contributed by atoms with Gasteiger partial charge in [0.2, 0.25) is 0 Å². The minimum absolute atomic E-state index is 0.0539. The minimum Gasteiger partial charge on any atom is -0.300 e. The van der Waals surface area contributed by atoms with Crippen molar-refractivity contribution >= 4 is 28.0 Å². The lowest BCUT2D eigenvalue weighted by Crippen LogP contribution is -2.39. The topological polar surface area (TPSA) is 60.4 Å². The quantitative estimate of drug-likeness (QED) is 0.103. The van der Waals surface area contributed by atoms with Crippen LogP contribution in [-0.2, 0) is 24.7 Å². The van der Waals surface area contributed by atoms with Crippen molar-refractivity contribution in [2.75, 3.05) is 0 Å². The number of halogens is 1. The molecule has 0 amide bonds. The van der Waals surface area contributed by atoms with E-state index in [9.17, 15) is 13.2 Å². The Balaban J connectivity index is 2.25. The summed E-state index contributed by atoms with van der Waals surface area (Å²) in [5.74, 6) is -0.0158. The minimum atomic E-state index is -4.21. The van der Waals surface area contributed by atoms with Gasteiger partial charge in [-0.05, 0) is 66.5 Å². The van der Waals surface area contributed by atoms with Gasteiger partial charge >= 0.3 is 0 Å². The normalized spacial score (nSPS) is 14.4. The summed E-state index contributed by atoms with van der Waals surface area (Å²) in [4.78, 5) is 12.4. The zero-order chi connectivity index (χ0) is 28.2. The van der Waals surface area contributed by atoms with Gasteiger partial charge < -0.3 is 0 Å². The number of unbranched alkanes of at least 4 members (excludes halogenated alkanes) is 7. The lowest BCUT2D eigenvalue weighted by atomic mass is 9.84. The summed E-state index contributed by atoms with van der Waals surface area (Å²) in [5.41, 5.74) is 0.763. The lowest BCUT2D eigenvalue weighted by molar-refractivity contribution is -0.125. The Labute approximate surface area is 236 Å². The van der Waals surface area contributed by atoms with Crippen molar-refractivity contribution < 1.29 is 17.4 Å². The van der Waals surface area contributed by atoms with E-state index in [-0.39, 0.29) is 4.90 Å². The number of aryl methyl sites for hydroxylation is 1. The van der Waals surface area contributed by atoms with E-state index in [0.29, 0.717) is 22.8 Å². The van der Waals surface area contributed by atoms with Crippen LogP contribution < -0.4 is 0 Å². The van der Waals surface area contributed by atoms with Crippen LogP contribution in [0.15, 0.2) is 47.4 Å². The van der Waals surface area contributed by atoms with E-state index in [0.717, 1.165) is 18.4 Å². The summed E-state index contributed by atoms with van der Waals surface area (Å²) in [7, 11) is -4.21.